The minimum Gasteiger partial charge on any atom is -0.481 e. The van der Waals surface area contributed by atoms with E-state index < -0.39 is 34.6 Å². The van der Waals surface area contributed by atoms with Gasteiger partial charge in [0.25, 0.3) is 0 Å². The van der Waals surface area contributed by atoms with Crippen LogP contribution >= 0.6 is 0 Å². The largest absolute Gasteiger partial charge is 0.481 e. The fourth-order valence-electron chi connectivity index (χ4n) is 13.4. The normalized spacial score (nSPS) is 37.9. The molecule has 1 heterocycles. The standard InChI is InChI=1S/C45H71N3O8/c1-26(2)34-29(49)23-45(47-37(53)48-22-17-27(25-48)46-38(54)56-39(3,4)5)21-20-43(11)28(35(34)45)13-14-31-42(10)18-16-32(55-33(50)24-40(6,7)36(51)52)41(8,9)30(42)15-19-44(31,43)12/h26-28,30-32H,13-25H2,1-12H3,(H,46,54)(H,47,53)(H,51,52)/t27-,28+,30-,31+,32-,42-,43+,44+,45+/m0/s1. The van der Waals surface area contributed by atoms with Crippen molar-refractivity contribution in [2.45, 2.75) is 177 Å². The highest BCUT2D eigenvalue weighted by molar-refractivity contribution is 6.02. The Morgan fingerprint density at radius 2 is 1.55 bits per heavy atom. The van der Waals surface area contributed by atoms with Crippen molar-refractivity contribution in [2.75, 3.05) is 13.1 Å². The summed E-state index contributed by atoms with van der Waals surface area (Å²) in [6, 6.07) is -0.367. The number of amides is 3. The number of esters is 1. The summed E-state index contributed by atoms with van der Waals surface area (Å²) in [4.78, 5) is 67.4. The number of carbonyl (C=O) groups is 5. The van der Waals surface area contributed by atoms with E-state index in [1.54, 1.807) is 18.7 Å². The molecule has 0 unspecified atom stereocenters. The molecule has 314 valence electrons. The zero-order chi connectivity index (χ0) is 41.6. The number of hydrogen-bond acceptors (Lipinski definition) is 7. The van der Waals surface area contributed by atoms with Gasteiger partial charge in [0, 0.05) is 24.9 Å². The number of carbonyl (C=O) groups excluding carboxylic acids is 4. The molecule has 0 spiro atoms. The zero-order valence-corrected chi connectivity index (χ0v) is 36.4. The van der Waals surface area contributed by atoms with Crippen LogP contribution in [0, 0.1) is 50.7 Å². The van der Waals surface area contributed by atoms with Gasteiger partial charge >= 0.3 is 24.1 Å². The summed E-state index contributed by atoms with van der Waals surface area (Å²) >= 11 is 0. The highest BCUT2D eigenvalue weighted by atomic mass is 16.6. The van der Waals surface area contributed by atoms with Gasteiger partial charge in [-0.25, -0.2) is 9.59 Å². The van der Waals surface area contributed by atoms with Crippen molar-refractivity contribution in [1.29, 1.82) is 0 Å². The van der Waals surface area contributed by atoms with Gasteiger partial charge in [0.1, 0.15) is 11.7 Å². The summed E-state index contributed by atoms with van der Waals surface area (Å²) in [5.41, 5.74) is -0.721. The molecule has 0 aromatic carbocycles. The molecular formula is C45H71N3O8. The maximum atomic E-state index is 14.2. The lowest BCUT2D eigenvalue weighted by atomic mass is 9.33. The summed E-state index contributed by atoms with van der Waals surface area (Å²) in [6.07, 6.45) is 7.43. The molecule has 11 nitrogen and oxygen atoms in total. The lowest BCUT2D eigenvalue weighted by molar-refractivity contribution is -0.232. The molecule has 1 aliphatic heterocycles. The zero-order valence-electron chi connectivity index (χ0n) is 36.4. The number of likely N-dealkylation sites (tertiary alicyclic amines) is 1. The molecule has 5 fully saturated rings. The predicted octanol–water partition coefficient (Wildman–Crippen LogP) is 8.44. The SMILES string of the molecule is CC(C)C1=C2[C@H]3CC[C@@H]4[C@@]5(C)CC[C@H](OC(=O)CC(C)(C)C(=O)O)C(C)(C)[C@@H]5CC[C@@]4(C)[C@]3(C)CC[C@@]2(NC(=O)N2CC[C@H](NC(=O)OC(C)(C)C)C2)CC1=O. The topological polar surface area (TPSA) is 151 Å². The molecule has 3 N–H and O–H groups in total. The van der Waals surface area contributed by atoms with Crippen LogP contribution in [0.4, 0.5) is 9.59 Å². The molecule has 6 rings (SSSR count). The lowest BCUT2D eigenvalue weighted by Gasteiger charge is -2.72. The van der Waals surface area contributed by atoms with Crippen molar-refractivity contribution in [3.63, 3.8) is 0 Å². The Hall–Kier alpha value is -3.11. The van der Waals surface area contributed by atoms with Crippen LogP contribution in [-0.2, 0) is 23.9 Å². The van der Waals surface area contributed by atoms with Crippen LogP contribution < -0.4 is 10.6 Å². The quantitative estimate of drug-likeness (QED) is 0.218. The Labute approximate surface area is 335 Å². The number of rotatable bonds is 7. The lowest BCUT2D eigenvalue weighted by Crippen LogP contribution is -2.67. The van der Waals surface area contributed by atoms with E-state index >= 15 is 0 Å². The molecule has 5 aliphatic carbocycles. The third-order valence-corrected chi connectivity index (χ3v) is 16.4. The first-order valence-electron chi connectivity index (χ1n) is 21.5. The van der Waals surface area contributed by atoms with E-state index in [2.05, 4.69) is 59.1 Å². The van der Waals surface area contributed by atoms with E-state index in [1.165, 1.54) is 5.57 Å². The number of Topliss-reactive ketones (excluding diaryl/α,β-unsaturated/α-hetero) is 1. The molecule has 3 amide bonds. The molecular weight excluding hydrogens is 711 g/mol. The molecule has 0 radical (unpaired) electrons. The van der Waals surface area contributed by atoms with Gasteiger partial charge in [-0.15, -0.1) is 0 Å². The number of urea groups is 1. The summed E-state index contributed by atoms with van der Waals surface area (Å²) in [5, 5.41) is 16.0. The van der Waals surface area contributed by atoms with Crippen molar-refractivity contribution >= 4 is 29.8 Å². The van der Waals surface area contributed by atoms with E-state index in [0.29, 0.717) is 37.8 Å². The van der Waals surface area contributed by atoms with Crippen LogP contribution in [0.25, 0.3) is 0 Å². The van der Waals surface area contributed by atoms with Crippen molar-refractivity contribution in [1.82, 2.24) is 15.5 Å². The summed E-state index contributed by atoms with van der Waals surface area (Å²) in [7, 11) is 0. The molecule has 4 saturated carbocycles. The number of alkyl carbamates (subject to hydrolysis) is 1. The van der Waals surface area contributed by atoms with E-state index in [9.17, 15) is 29.1 Å². The highest BCUT2D eigenvalue weighted by Gasteiger charge is 2.70. The predicted molar refractivity (Wildman–Crippen MR) is 214 cm³/mol. The van der Waals surface area contributed by atoms with Gasteiger partial charge in [0.05, 0.1) is 23.4 Å². The second-order valence-corrected chi connectivity index (χ2v) is 22.0. The monoisotopic (exact) mass is 782 g/mol. The number of fused-ring (bicyclic) bond motifs is 7. The second-order valence-electron chi connectivity index (χ2n) is 22.0. The van der Waals surface area contributed by atoms with Crippen LogP contribution in [0.15, 0.2) is 11.1 Å². The van der Waals surface area contributed by atoms with E-state index in [4.69, 9.17) is 9.47 Å². The fourth-order valence-corrected chi connectivity index (χ4v) is 13.4. The smallest absolute Gasteiger partial charge is 0.407 e. The van der Waals surface area contributed by atoms with Gasteiger partial charge < -0.3 is 30.1 Å². The third kappa shape index (κ3) is 6.96. The van der Waals surface area contributed by atoms with Crippen molar-refractivity contribution < 1.29 is 38.6 Å². The van der Waals surface area contributed by atoms with Crippen molar-refractivity contribution in [2.24, 2.45) is 50.7 Å². The molecule has 9 atom stereocenters. The van der Waals surface area contributed by atoms with Crippen LogP contribution in [0.2, 0.25) is 0 Å². The first-order chi connectivity index (χ1) is 25.7. The maximum Gasteiger partial charge on any atom is 0.407 e. The first-order valence-corrected chi connectivity index (χ1v) is 21.5. The Bertz CT molecular complexity index is 1680. The van der Waals surface area contributed by atoms with Gasteiger partial charge in [-0.3, -0.25) is 14.4 Å². The molecule has 0 aromatic rings. The van der Waals surface area contributed by atoms with Gasteiger partial charge in [-0.05, 0) is 143 Å². The van der Waals surface area contributed by atoms with E-state index in [-0.39, 0.29) is 63.9 Å². The Morgan fingerprint density at radius 3 is 2.18 bits per heavy atom. The molecule has 11 heteroatoms. The number of nitrogens with one attached hydrogen (secondary N) is 2. The van der Waals surface area contributed by atoms with E-state index in [0.717, 1.165) is 56.9 Å². The van der Waals surface area contributed by atoms with Crippen LogP contribution in [0.5, 0.6) is 0 Å². The molecule has 56 heavy (non-hydrogen) atoms. The number of carboxylic acids is 1. The number of allylic oxidation sites excluding steroid dienone is 1. The average Bonchev–Trinajstić information content (AvgIpc) is 3.63. The first kappa shape index (κ1) is 42.5. The Morgan fingerprint density at radius 1 is 0.875 bits per heavy atom. The molecule has 0 bridgehead atoms. The Balaban J connectivity index is 1.23. The van der Waals surface area contributed by atoms with Crippen LogP contribution in [0.3, 0.4) is 0 Å². The molecule has 6 aliphatic rings. The van der Waals surface area contributed by atoms with Gasteiger partial charge in [0.2, 0.25) is 0 Å². The third-order valence-electron chi connectivity index (χ3n) is 16.4. The second kappa shape index (κ2) is 14.0. The molecule has 0 aromatic heterocycles. The number of ketones is 1. The van der Waals surface area contributed by atoms with Crippen molar-refractivity contribution in [3.05, 3.63) is 11.1 Å². The van der Waals surface area contributed by atoms with Gasteiger partial charge in [-0.2, -0.15) is 0 Å². The molecule has 1 saturated heterocycles. The summed E-state index contributed by atoms with van der Waals surface area (Å²) < 4.78 is 11.6. The summed E-state index contributed by atoms with van der Waals surface area (Å²) in [5.74, 6) is -0.283. The highest BCUT2D eigenvalue weighted by Crippen LogP contribution is 2.76. The minimum absolute atomic E-state index is 0.00132. The number of carboxylic acid groups (broad SMARTS) is 1. The Kier molecular flexibility index (Phi) is 10.6. The fraction of sp³-hybridized carbons (Fsp3) is 0.844. The van der Waals surface area contributed by atoms with E-state index in [1.807, 2.05) is 20.8 Å². The minimum atomic E-state index is -1.18. The average molecular weight is 782 g/mol. The number of nitrogens with zero attached hydrogens (tertiary/aromatic N) is 1. The number of aliphatic carboxylic acids is 1. The van der Waals surface area contributed by atoms with Crippen LogP contribution in [0.1, 0.15) is 154 Å². The summed E-state index contributed by atoms with van der Waals surface area (Å²) in [6.45, 7) is 25.8. The van der Waals surface area contributed by atoms with Crippen molar-refractivity contribution in [3.8, 4) is 0 Å². The van der Waals surface area contributed by atoms with Gasteiger partial charge in [0.15, 0.2) is 5.78 Å². The van der Waals surface area contributed by atoms with Gasteiger partial charge in [-0.1, -0.05) is 48.5 Å². The number of hydrogen-bond donors (Lipinski definition) is 3. The maximum absolute atomic E-state index is 14.2. The van der Waals surface area contributed by atoms with Crippen LogP contribution in [-0.4, -0.2) is 76.2 Å². The number of ether oxygens (including phenoxy) is 2.